The van der Waals surface area contributed by atoms with Crippen molar-refractivity contribution in [3.63, 3.8) is 0 Å². The first-order chi connectivity index (χ1) is 25.9. The molecule has 13 nitrogen and oxygen atoms in total. The smallest absolute Gasteiger partial charge is 0.326 e. The topological polar surface area (TPSA) is 203 Å². The lowest BCUT2D eigenvalue weighted by Crippen LogP contribution is -2.58. The summed E-state index contributed by atoms with van der Waals surface area (Å²) >= 11 is 4.75. The Bertz CT molecular complexity index is 1930. The minimum Gasteiger partial charge on any atom is -0.480 e. The third-order valence-corrected chi connectivity index (χ3v) is 10.2. The summed E-state index contributed by atoms with van der Waals surface area (Å²) in [6, 6.07) is 21.0. The average Bonchev–Trinajstić information content (AvgIpc) is 3.67. The second-order valence-electron chi connectivity index (χ2n) is 12.9. The molecule has 7 N–H and O–H groups in total. The first kappa shape index (κ1) is 39.8. The molecule has 2 aliphatic heterocycles. The number of carbonyl (C=O) groups is 6. The van der Waals surface area contributed by atoms with Gasteiger partial charge in [0.2, 0.25) is 23.6 Å². The van der Waals surface area contributed by atoms with Crippen molar-refractivity contribution in [1.82, 2.24) is 21.3 Å². The van der Waals surface area contributed by atoms with E-state index in [1.807, 2.05) is 35.7 Å². The molecule has 2 aliphatic rings. The Kier molecular flexibility index (Phi) is 14.1. The summed E-state index contributed by atoms with van der Waals surface area (Å²) in [4.78, 5) is 81.2. The number of fused-ring (bicyclic) bond motifs is 18. The highest BCUT2D eigenvalue weighted by atomic mass is 79.9. The van der Waals surface area contributed by atoms with Crippen LogP contribution in [0.25, 0.3) is 0 Å². The molecule has 282 valence electrons. The van der Waals surface area contributed by atoms with Crippen molar-refractivity contribution in [2.45, 2.75) is 68.8 Å². The maximum atomic E-state index is 14.2. The molecular formula is C39H40BrN5O8S. The van der Waals surface area contributed by atoms with Gasteiger partial charge in [0.1, 0.15) is 30.3 Å². The monoisotopic (exact) mass is 817 g/mol. The Balaban J connectivity index is 1.50. The molecule has 3 aromatic carbocycles. The number of anilines is 1. The zero-order valence-electron chi connectivity index (χ0n) is 29.0. The zero-order chi connectivity index (χ0) is 38.6. The van der Waals surface area contributed by atoms with Gasteiger partial charge in [-0.1, -0.05) is 76.6 Å². The molecule has 0 radical (unpaired) electrons. The molecule has 4 aromatic rings. The van der Waals surface area contributed by atoms with E-state index in [1.165, 1.54) is 23.5 Å². The van der Waals surface area contributed by atoms with Crippen LogP contribution in [-0.4, -0.2) is 76.0 Å². The predicted molar refractivity (Wildman–Crippen MR) is 205 cm³/mol. The molecule has 6 rings (SSSR count). The number of aliphatic hydroxyl groups is 1. The van der Waals surface area contributed by atoms with Crippen LogP contribution in [0.4, 0.5) is 5.69 Å². The molecule has 0 spiro atoms. The molecule has 5 amide bonds. The number of rotatable bonds is 8. The SMILES string of the molecule is O=C1C[C@@H](O)C(=O)Nc2ccc(cc2)C[C@H](C(=O)O)NC(=O)[C@@H](CCc2ccccc2)NC(=O)[C@H](Cc2ccc(Br)cc2)NC(=O)[C@@H](Cc2cccs2)N1. The Morgan fingerprint density at radius 3 is 1.98 bits per heavy atom. The molecule has 0 aliphatic carbocycles. The van der Waals surface area contributed by atoms with E-state index in [9.17, 15) is 39.0 Å². The van der Waals surface area contributed by atoms with Gasteiger partial charge in [-0.3, -0.25) is 24.0 Å². The van der Waals surface area contributed by atoms with Gasteiger partial charge in [-0.15, -0.1) is 11.3 Å². The zero-order valence-corrected chi connectivity index (χ0v) is 31.4. The number of hydrogen-bond donors (Lipinski definition) is 7. The van der Waals surface area contributed by atoms with Gasteiger partial charge < -0.3 is 36.8 Å². The van der Waals surface area contributed by atoms with E-state index in [1.54, 1.807) is 48.5 Å². The fraction of sp³-hybridized carbons (Fsp3) is 0.282. The highest BCUT2D eigenvalue weighted by molar-refractivity contribution is 9.10. The van der Waals surface area contributed by atoms with Crippen molar-refractivity contribution in [3.8, 4) is 0 Å². The molecule has 0 saturated carbocycles. The quantitative estimate of drug-likeness (QED) is 0.132. The number of carboxylic acids is 1. The second-order valence-corrected chi connectivity index (χ2v) is 14.8. The number of aryl methyl sites for hydroxylation is 1. The van der Waals surface area contributed by atoms with Gasteiger partial charge in [0.05, 0.1) is 6.42 Å². The highest BCUT2D eigenvalue weighted by Gasteiger charge is 2.32. The van der Waals surface area contributed by atoms with Crippen molar-refractivity contribution in [2.75, 3.05) is 5.32 Å². The van der Waals surface area contributed by atoms with Crippen molar-refractivity contribution in [1.29, 1.82) is 0 Å². The van der Waals surface area contributed by atoms with Gasteiger partial charge in [-0.2, -0.15) is 0 Å². The third-order valence-electron chi connectivity index (χ3n) is 8.78. The van der Waals surface area contributed by atoms with Crippen molar-refractivity contribution >= 4 is 68.5 Å². The summed E-state index contributed by atoms with van der Waals surface area (Å²) in [5.41, 5.74) is 2.37. The fourth-order valence-corrected chi connectivity index (χ4v) is 6.87. The molecule has 0 saturated heterocycles. The number of hydrogen-bond acceptors (Lipinski definition) is 8. The molecule has 15 heteroatoms. The van der Waals surface area contributed by atoms with E-state index in [4.69, 9.17) is 0 Å². The van der Waals surface area contributed by atoms with E-state index in [0.717, 1.165) is 14.9 Å². The van der Waals surface area contributed by atoms with Gasteiger partial charge in [0.25, 0.3) is 5.91 Å². The van der Waals surface area contributed by atoms with Crippen molar-refractivity contribution in [2.24, 2.45) is 0 Å². The lowest BCUT2D eigenvalue weighted by molar-refractivity contribution is -0.142. The van der Waals surface area contributed by atoms with Crippen LogP contribution < -0.4 is 26.6 Å². The Morgan fingerprint density at radius 2 is 1.33 bits per heavy atom. The Morgan fingerprint density at radius 1 is 0.685 bits per heavy atom. The largest absolute Gasteiger partial charge is 0.480 e. The molecule has 0 fully saturated rings. The van der Waals surface area contributed by atoms with Crippen LogP contribution >= 0.6 is 27.3 Å². The predicted octanol–water partition coefficient (Wildman–Crippen LogP) is 2.90. The Hall–Kier alpha value is -5.38. The van der Waals surface area contributed by atoms with E-state index in [2.05, 4.69) is 42.5 Å². The molecule has 2 bridgehead atoms. The van der Waals surface area contributed by atoms with Crippen LogP contribution in [-0.2, 0) is 54.5 Å². The summed E-state index contributed by atoms with van der Waals surface area (Å²) in [5, 5.41) is 35.7. The number of aliphatic carboxylic acids is 1. The first-order valence-electron chi connectivity index (χ1n) is 17.3. The summed E-state index contributed by atoms with van der Waals surface area (Å²) in [5.74, 6) is -5.10. The van der Waals surface area contributed by atoms with Gasteiger partial charge in [-0.25, -0.2) is 4.79 Å². The maximum absolute atomic E-state index is 14.2. The van der Waals surface area contributed by atoms with E-state index in [-0.39, 0.29) is 31.4 Å². The molecule has 0 unspecified atom stereocenters. The van der Waals surface area contributed by atoms with Gasteiger partial charge in [-0.05, 0) is 65.2 Å². The minimum atomic E-state index is -1.76. The maximum Gasteiger partial charge on any atom is 0.326 e. The first-order valence-corrected chi connectivity index (χ1v) is 18.9. The van der Waals surface area contributed by atoms with Crippen LogP contribution in [0.2, 0.25) is 0 Å². The van der Waals surface area contributed by atoms with Gasteiger partial charge in [0, 0.05) is 34.3 Å². The van der Waals surface area contributed by atoms with Crippen LogP contribution in [0.15, 0.2) is 101 Å². The summed E-state index contributed by atoms with van der Waals surface area (Å²) < 4.78 is 0.794. The van der Waals surface area contributed by atoms with Gasteiger partial charge >= 0.3 is 5.97 Å². The molecule has 54 heavy (non-hydrogen) atoms. The van der Waals surface area contributed by atoms with Crippen LogP contribution in [0, 0.1) is 0 Å². The second kappa shape index (κ2) is 19.1. The lowest BCUT2D eigenvalue weighted by atomic mass is 10.0. The number of aliphatic hydroxyl groups excluding tert-OH is 1. The number of thiophene rings is 1. The van der Waals surface area contributed by atoms with Crippen LogP contribution in [0.3, 0.4) is 0 Å². The third kappa shape index (κ3) is 11.8. The highest BCUT2D eigenvalue weighted by Crippen LogP contribution is 2.17. The normalized spacial score (nSPS) is 21.8. The number of benzene rings is 3. The lowest BCUT2D eigenvalue weighted by Gasteiger charge is -2.26. The number of carboxylic acid groups (broad SMARTS) is 1. The van der Waals surface area contributed by atoms with E-state index >= 15 is 0 Å². The van der Waals surface area contributed by atoms with Crippen molar-refractivity contribution < 1.29 is 39.0 Å². The number of halogens is 1. The molecular weight excluding hydrogens is 778 g/mol. The molecule has 5 atom stereocenters. The molecule has 1 aromatic heterocycles. The number of carbonyl (C=O) groups excluding carboxylic acids is 5. The van der Waals surface area contributed by atoms with Gasteiger partial charge in [0.15, 0.2) is 0 Å². The van der Waals surface area contributed by atoms with Crippen molar-refractivity contribution in [3.05, 3.63) is 122 Å². The average molecular weight is 819 g/mol. The summed E-state index contributed by atoms with van der Waals surface area (Å²) in [6.07, 6.45) is -2.00. The fourth-order valence-electron chi connectivity index (χ4n) is 5.85. The summed E-state index contributed by atoms with van der Waals surface area (Å²) in [6.45, 7) is 0. The number of nitrogens with one attached hydrogen (secondary N) is 5. The minimum absolute atomic E-state index is 0.00397. The van der Waals surface area contributed by atoms with E-state index in [0.29, 0.717) is 17.5 Å². The van der Waals surface area contributed by atoms with Crippen LogP contribution in [0.1, 0.15) is 34.4 Å². The number of amides is 5. The summed E-state index contributed by atoms with van der Waals surface area (Å²) in [7, 11) is 0. The standard InChI is InChI=1S/C39H40BrN5O8S/c40-26-13-8-24(9-14-26)19-30-36(49)43-29(17-12-23-5-2-1-3-6-23)35(48)45-32(39(52)53)20-25-10-15-27(16-11-25)41-38(51)33(46)22-34(47)42-31(37(50)44-30)21-28-7-4-18-54-28/h1-11,13-16,18,29-33,46H,12,17,19-22H2,(H,41,51)(H,42,47)(H,43,49)(H,44,50)(H,45,48)(H,52,53)/t29-,30+,31-,32-,33-/m1/s1. The Labute approximate surface area is 324 Å². The van der Waals surface area contributed by atoms with Crippen LogP contribution in [0.5, 0.6) is 0 Å². The molecule has 3 heterocycles. The van der Waals surface area contributed by atoms with E-state index < -0.39 is 72.2 Å².